The van der Waals surface area contributed by atoms with E-state index in [0.29, 0.717) is 40.9 Å². The fraction of sp³-hybridized carbons (Fsp3) is 0.273. The van der Waals surface area contributed by atoms with E-state index in [4.69, 9.17) is 4.74 Å². The first-order valence-corrected chi connectivity index (χ1v) is 12.3. The number of sulfone groups is 1. The largest absolute Gasteiger partial charge is 0.493 e. The summed E-state index contributed by atoms with van der Waals surface area (Å²) >= 11 is 1.28. The van der Waals surface area contributed by atoms with Gasteiger partial charge in [-0.1, -0.05) is 6.07 Å². The Kier molecular flexibility index (Phi) is 7.07. The molecular formula is C22H23FN2O4S2. The fourth-order valence-electron chi connectivity index (χ4n) is 2.87. The number of hydrogen-bond donors (Lipinski definition) is 0. The highest BCUT2D eigenvalue weighted by atomic mass is 32.2. The van der Waals surface area contributed by atoms with E-state index < -0.39 is 9.84 Å². The van der Waals surface area contributed by atoms with Gasteiger partial charge in [0.1, 0.15) is 21.5 Å². The minimum Gasteiger partial charge on any atom is -0.493 e. The van der Waals surface area contributed by atoms with Crippen molar-refractivity contribution in [3.63, 3.8) is 0 Å². The van der Waals surface area contributed by atoms with Gasteiger partial charge in [-0.2, -0.15) is 0 Å². The summed E-state index contributed by atoms with van der Waals surface area (Å²) in [5.41, 5.74) is 1.40. The molecule has 0 fully saturated rings. The Morgan fingerprint density at radius 1 is 1.19 bits per heavy atom. The summed E-state index contributed by atoms with van der Waals surface area (Å²) < 4.78 is 42.0. The standard InChI is InChI=1S/C22H23FN2O4S2/c1-15-20(30-21(24-15)16-8-10-17(23)11-9-16)22(26)25(2)12-5-13-29-18-6-4-7-19(14-18)31(3,27)28/h4,6-11,14H,5,12-13H2,1-3H3. The first kappa shape index (κ1) is 22.9. The molecule has 0 bridgehead atoms. The zero-order valence-electron chi connectivity index (χ0n) is 17.5. The molecule has 1 amide bonds. The number of thiazole rings is 1. The summed E-state index contributed by atoms with van der Waals surface area (Å²) in [6.45, 7) is 2.59. The number of aryl methyl sites for hydroxylation is 1. The van der Waals surface area contributed by atoms with E-state index in [1.807, 2.05) is 0 Å². The number of carbonyl (C=O) groups is 1. The van der Waals surface area contributed by atoms with E-state index >= 15 is 0 Å². The van der Waals surface area contributed by atoms with Crippen molar-refractivity contribution in [3.05, 3.63) is 64.9 Å². The Hall–Kier alpha value is -2.78. The van der Waals surface area contributed by atoms with Crippen LogP contribution in [0.5, 0.6) is 5.75 Å². The lowest BCUT2D eigenvalue weighted by Gasteiger charge is -2.16. The van der Waals surface area contributed by atoms with E-state index in [2.05, 4.69) is 4.98 Å². The van der Waals surface area contributed by atoms with Crippen molar-refractivity contribution in [2.24, 2.45) is 0 Å². The molecule has 0 radical (unpaired) electrons. The molecule has 2 aromatic carbocycles. The molecule has 0 aliphatic carbocycles. The number of halogens is 1. The molecule has 0 saturated carbocycles. The number of hydrogen-bond acceptors (Lipinski definition) is 6. The minimum absolute atomic E-state index is 0.137. The van der Waals surface area contributed by atoms with Crippen molar-refractivity contribution >= 4 is 27.1 Å². The second-order valence-corrected chi connectivity index (χ2v) is 10.1. The molecule has 164 valence electrons. The average Bonchev–Trinajstić information content (AvgIpc) is 3.12. The lowest BCUT2D eigenvalue weighted by atomic mass is 10.2. The predicted octanol–water partition coefficient (Wildman–Crippen LogP) is 4.20. The van der Waals surface area contributed by atoms with Gasteiger partial charge in [0.05, 0.1) is 17.2 Å². The molecule has 3 aromatic rings. The SMILES string of the molecule is Cc1nc(-c2ccc(F)cc2)sc1C(=O)N(C)CCCOc1cccc(S(C)(=O)=O)c1. The van der Waals surface area contributed by atoms with E-state index in [1.54, 1.807) is 43.1 Å². The van der Waals surface area contributed by atoms with Crippen LogP contribution in [0.15, 0.2) is 53.4 Å². The lowest BCUT2D eigenvalue weighted by Crippen LogP contribution is -2.28. The first-order chi connectivity index (χ1) is 14.6. The predicted molar refractivity (Wildman–Crippen MR) is 119 cm³/mol. The summed E-state index contributed by atoms with van der Waals surface area (Å²) in [5.74, 6) is 0.0138. The van der Waals surface area contributed by atoms with Gasteiger partial charge in [-0.15, -0.1) is 11.3 Å². The minimum atomic E-state index is -3.29. The van der Waals surface area contributed by atoms with Gasteiger partial charge in [0, 0.05) is 25.4 Å². The quantitative estimate of drug-likeness (QED) is 0.469. The molecular weight excluding hydrogens is 439 g/mol. The van der Waals surface area contributed by atoms with Crippen LogP contribution in [0.25, 0.3) is 10.6 Å². The Morgan fingerprint density at radius 3 is 2.58 bits per heavy atom. The van der Waals surface area contributed by atoms with Crippen LogP contribution in [0.3, 0.4) is 0 Å². The molecule has 31 heavy (non-hydrogen) atoms. The molecule has 6 nitrogen and oxygen atoms in total. The van der Waals surface area contributed by atoms with Gasteiger partial charge in [0.25, 0.3) is 5.91 Å². The normalized spacial score (nSPS) is 11.4. The van der Waals surface area contributed by atoms with Crippen LogP contribution >= 0.6 is 11.3 Å². The van der Waals surface area contributed by atoms with E-state index in [1.165, 1.54) is 35.6 Å². The number of benzene rings is 2. The molecule has 0 saturated heterocycles. The van der Waals surface area contributed by atoms with Gasteiger partial charge in [-0.25, -0.2) is 17.8 Å². The third kappa shape index (κ3) is 5.89. The number of ether oxygens (including phenoxy) is 1. The topological polar surface area (TPSA) is 76.6 Å². The van der Waals surface area contributed by atoms with Crippen molar-refractivity contribution < 1.29 is 22.3 Å². The molecule has 0 aliphatic heterocycles. The summed E-state index contributed by atoms with van der Waals surface area (Å²) in [4.78, 5) is 19.6. The van der Waals surface area contributed by atoms with E-state index in [9.17, 15) is 17.6 Å². The second kappa shape index (κ2) is 9.57. The zero-order chi connectivity index (χ0) is 22.6. The van der Waals surface area contributed by atoms with Crippen LogP contribution in [-0.4, -0.2) is 50.7 Å². The molecule has 9 heteroatoms. The zero-order valence-corrected chi connectivity index (χ0v) is 19.1. The van der Waals surface area contributed by atoms with Crippen molar-refractivity contribution in [1.29, 1.82) is 0 Å². The maximum atomic E-state index is 13.1. The summed E-state index contributed by atoms with van der Waals surface area (Å²) in [6.07, 6.45) is 1.73. The highest BCUT2D eigenvalue weighted by Crippen LogP contribution is 2.29. The third-order valence-electron chi connectivity index (χ3n) is 4.57. The molecule has 0 N–H and O–H groups in total. The fourth-order valence-corrected chi connectivity index (χ4v) is 4.59. The Labute approximate surface area is 185 Å². The van der Waals surface area contributed by atoms with Gasteiger partial charge in [-0.05, 0) is 55.8 Å². The molecule has 0 aliphatic rings. The molecule has 3 rings (SSSR count). The monoisotopic (exact) mass is 462 g/mol. The van der Waals surface area contributed by atoms with Crippen LogP contribution in [0, 0.1) is 12.7 Å². The van der Waals surface area contributed by atoms with Crippen LogP contribution < -0.4 is 4.74 Å². The van der Waals surface area contributed by atoms with Gasteiger partial charge in [0.15, 0.2) is 9.84 Å². The van der Waals surface area contributed by atoms with Gasteiger partial charge in [0.2, 0.25) is 0 Å². The lowest BCUT2D eigenvalue weighted by molar-refractivity contribution is 0.0791. The number of carbonyl (C=O) groups excluding carboxylic acids is 1. The summed E-state index contributed by atoms with van der Waals surface area (Å²) in [5, 5.41) is 0.670. The summed E-state index contributed by atoms with van der Waals surface area (Å²) in [6, 6.07) is 12.3. The highest BCUT2D eigenvalue weighted by molar-refractivity contribution is 7.90. The molecule has 0 unspecified atom stereocenters. The van der Waals surface area contributed by atoms with E-state index in [-0.39, 0.29) is 16.6 Å². The van der Waals surface area contributed by atoms with Gasteiger partial charge >= 0.3 is 0 Å². The van der Waals surface area contributed by atoms with Gasteiger partial charge < -0.3 is 9.64 Å². The summed E-state index contributed by atoms with van der Waals surface area (Å²) in [7, 11) is -1.58. The third-order valence-corrected chi connectivity index (χ3v) is 6.87. The van der Waals surface area contributed by atoms with E-state index in [0.717, 1.165) is 11.8 Å². The van der Waals surface area contributed by atoms with Gasteiger partial charge in [-0.3, -0.25) is 4.79 Å². The molecule has 0 spiro atoms. The average molecular weight is 463 g/mol. The van der Waals surface area contributed by atoms with Crippen LogP contribution in [-0.2, 0) is 9.84 Å². The maximum Gasteiger partial charge on any atom is 0.265 e. The number of nitrogens with zero attached hydrogens (tertiary/aromatic N) is 2. The van der Waals surface area contributed by atoms with Crippen LogP contribution in [0.1, 0.15) is 21.8 Å². The van der Waals surface area contributed by atoms with Crippen molar-refractivity contribution in [1.82, 2.24) is 9.88 Å². The Bertz CT molecular complexity index is 1170. The smallest absolute Gasteiger partial charge is 0.265 e. The Balaban J connectivity index is 1.56. The maximum absolute atomic E-state index is 13.1. The highest BCUT2D eigenvalue weighted by Gasteiger charge is 2.19. The second-order valence-electron chi connectivity index (χ2n) is 7.12. The number of aromatic nitrogens is 1. The van der Waals surface area contributed by atoms with Crippen molar-refractivity contribution in [2.75, 3.05) is 26.5 Å². The molecule has 1 heterocycles. The van der Waals surface area contributed by atoms with Crippen molar-refractivity contribution in [3.8, 4) is 16.3 Å². The van der Waals surface area contributed by atoms with Crippen LogP contribution in [0.4, 0.5) is 4.39 Å². The van der Waals surface area contributed by atoms with Crippen LogP contribution in [0.2, 0.25) is 0 Å². The molecule has 1 aromatic heterocycles. The first-order valence-electron chi connectivity index (χ1n) is 9.57. The number of amides is 1. The number of rotatable bonds is 8. The van der Waals surface area contributed by atoms with Crippen molar-refractivity contribution in [2.45, 2.75) is 18.2 Å². The molecule has 0 atom stereocenters. The Morgan fingerprint density at radius 2 is 1.90 bits per heavy atom.